The van der Waals surface area contributed by atoms with Crippen LogP contribution < -0.4 is 0 Å². The van der Waals surface area contributed by atoms with Gasteiger partial charge in [0.2, 0.25) is 0 Å². The molecule has 1 saturated heterocycles. The molecular formula is C12H24CuF3N4O3S. The van der Waals surface area contributed by atoms with Crippen LogP contribution >= 0.6 is 0 Å². The predicted octanol–water partition coefficient (Wildman–Crippen LogP) is 0.374. The van der Waals surface area contributed by atoms with Gasteiger partial charge in [-0.2, -0.15) is 18.4 Å². The molecule has 0 amide bonds. The summed E-state index contributed by atoms with van der Waals surface area (Å²) in [5.41, 5.74) is -5.65. The Morgan fingerprint density at radius 1 is 0.917 bits per heavy atom. The van der Waals surface area contributed by atoms with Gasteiger partial charge in [0.05, 0.1) is 6.07 Å². The van der Waals surface area contributed by atoms with E-state index in [0.29, 0.717) is 0 Å². The molecule has 1 fully saturated rings. The van der Waals surface area contributed by atoms with Gasteiger partial charge in [0.25, 0.3) is 0 Å². The number of hydrogen-bond acceptors (Lipinski definition) is 7. The molecule has 0 atom stereocenters. The van der Waals surface area contributed by atoms with Gasteiger partial charge in [-0.3, -0.25) is 0 Å². The molecule has 7 nitrogen and oxygen atoms in total. The molecule has 148 valence electrons. The monoisotopic (exact) mass is 424 g/mol. The number of nitriles is 1. The van der Waals surface area contributed by atoms with Gasteiger partial charge in [-0.15, -0.1) is 0 Å². The summed E-state index contributed by atoms with van der Waals surface area (Å²) in [6.07, 6.45) is 0. The number of alkyl halides is 3. The SMILES string of the molecule is CC#N.CN1CCN(C)CCN(C)CC1.O=S(=O)([O-])C(F)(F)F.[Cu+]. The van der Waals surface area contributed by atoms with Gasteiger partial charge < -0.3 is 19.3 Å². The van der Waals surface area contributed by atoms with Crippen molar-refractivity contribution in [3.63, 3.8) is 0 Å². The normalized spacial score (nSPS) is 18.1. The number of likely N-dealkylation sites (N-methyl/N-ethyl adjacent to an activating group) is 3. The van der Waals surface area contributed by atoms with E-state index in [1.807, 2.05) is 0 Å². The average molecular weight is 425 g/mol. The van der Waals surface area contributed by atoms with E-state index in [9.17, 15) is 13.2 Å². The molecule has 0 spiro atoms. The largest absolute Gasteiger partial charge is 1.00 e. The maximum Gasteiger partial charge on any atom is 1.00 e. The maximum atomic E-state index is 10.7. The molecule has 1 rings (SSSR count). The molecule has 1 aliphatic rings. The Morgan fingerprint density at radius 3 is 1.12 bits per heavy atom. The minimum Gasteiger partial charge on any atom is -0.741 e. The number of halogens is 3. The van der Waals surface area contributed by atoms with Gasteiger partial charge in [-0.1, -0.05) is 0 Å². The van der Waals surface area contributed by atoms with Crippen LogP contribution in [0.15, 0.2) is 0 Å². The summed E-state index contributed by atoms with van der Waals surface area (Å²) in [6, 6.07) is 1.75. The van der Waals surface area contributed by atoms with Gasteiger partial charge in [0.1, 0.15) is 0 Å². The van der Waals surface area contributed by atoms with Crippen molar-refractivity contribution in [3.05, 3.63) is 0 Å². The Kier molecular flexibility index (Phi) is 16.4. The Bertz CT molecular complexity index is 422. The molecule has 1 aliphatic heterocycles. The van der Waals surface area contributed by atoms with Crippen LogP contribution in [0.25, 0.3) is 0 Å². The Hall–Kier alpha value is -0.411. The molecule has 0 aromatic heterocycles. The van der Waals surface area contributed by atoms with E-state index >= 15 is 0 Å². The van der Waals surface area contributed by atoms with Crippen molar-refractivity contribution >= 4 is 10.1 Å². The van der Waals surface area contributed by atoms with Crippen molar-refractivity contribution in [2.45, 2.75) is 12.4 Å². The molecule has 0 unspecified atom stereocenters. The van der Waals surface area contributed by atoms with E-state index in [-0.39, 0.29) is 17.1 Å². The molecular weight excluding hydrogens is 401 g/mol. The molecule has 0 saturated carbocycles. The van der Waals surface area contributed by atoms with E-state index in [1.165, 1.54) is 46.2 Å². The van der Waals surface area contributed by atoms with E-state index in [2.05, 4.69) is 35.8 Å². The fraction of sp³-hybridized carbons (Fsp3) is 0.917. The third-order valence-corrected chi connectivity index (χ3v) is 3.44. The van der Waals surface area contributed by atoms with Crippen LogP contribution in [0.2, 0.25) is 0 Å². The molecule has 0 bridgehead atoms. The fourth-order valence-corrected chi connectivity index (χ4v) is 1.36. The van der Waals surface area contributed by atoms with Crippen molar-refractivity contribution in [1.29, 1.82) is 5.26 Å². The van der Waals surface area contributed by atoms with Gasteiger partial charge in [-0.05, 0) is 21.1 Å². The van der Waals surface area contributed by atoms with Crippen LogP contribution in [-0.2, 0) is 27.2 Å². The number of rotatable bonds is 0. The van der Waals surface area contributed by atoms with E-state index in [0.717, 1.165) is 0 Å². The first-order valence-corrected chi connectivity index (χ1v) is 8.14. The zero-order chi connectivity index (χ0) is 18.7. The number of hydrogen-bond donors (Lipinski definition) is 0. The maximum absolute atomic E-state index is 10.7. The standard InChI is InChI=1S/C9H21N3.C2H3N.CHF3O3S.Cu/c1-10-4-6-11(2)8-9-12(3)7-5-10;1-2-3;2-1(3,4)8(5,6)7;/h4-9H2,1-3H3;1H3;(H,5,6,7);/q;;;+1/p-1. The van der Waals surface area contributed by atoms with E-state index in [4.69, 9.17) is 18.2 Å². The summed E-state index contributed by atoms with van der Waals surface area (Å²) in [5.74, 6) is 0. The molecule has 12 heteroatoms. The molecule has 0 radical (unpaired) electrons. The van der Waals surface area contributed by atoms with Gasteiger partial charge >= 0.3 is 22.6 Å². The van der Waals surface area contributed by atoms with Gasteiger partial charge in [0.15, 0.2) is 10.1 Å². The molecule has 24 heavy (non-hydrogen) atoms. The van der Waals surface area contributed by atoms with E-state index < -0.39 is 15.6 Å². The second-order valence-electron chi connectivity index (χ2n) is 5.03. The molecule has 0 N–H and O–H groups in total. The quantitative estimate of drug-likeness (QED) is 0.315. The zero-order valence-corrected chi connectivity index (χ0v) is 15.9. The van der Waals surface area contributed by atoms with Crippen molar-refractivity contribution in [2.24, 2.45) is 0 Å². The topological polar surface area (TPSA) is 90.7 Å². The minimum absolute atomic E-state index is 0. The van der Waals surface area contributed by atoms with Crippen molar-refractivity contribution < 1.29 is 43.2 Å². The van der Waals surface area contributed by atoms with E-state index in [1.54, 1.807) is 6.07 Å². The van der Waals surface area contributed by atoms with Crippen LogP contribution in [-0.4, -0.2) is 93.6 Å². The van der Waals surface area contributed by atoms with Crippen molar-refractivity contribution in [3.8, 4) is 6.07 Å². The van der Waals surface area contributed by atoms with Crippen LogP contribution in [0.4, 0.5) is 13.2 Å². The van der Waals surface area contributed by atoms with Crippen molar-refractivity contribution in [1.82, 2.24) is 14.7 Å². The van der Waals surface area contributed by atoms with Crippen LogP contribution in [0.3, 0.4) is 0 Å². The number of nitrogens with zero attached hydrogens (tertiary/aromatic N) is 4. The second kappa shape index (κ2) is 13.8. The fourth-order valence-electron chi connectivity index (χ4n) is 1.36. The van der Waals surface area contributed by atoms with Crippen LogP contribution in [0.5, 0.6) is 0 Å². The van der Waals surface area contributed by atoms with Crippen LogP contribution in [0.1, 0.15) is 6.92 Å². The summed E-state index contributed by atoms with van der Waals surface area (Å²) in [4.78, 5) is 7.20. The summed E-state index contributed by atoms with van der Waals surface area (Å²) >= 11 is 0. The summed E-state index contributed by atoms with van der Waals surface area (Å²) in [5, 5.41) is 7.32. The van der Waals surface area contributed by atoms with Gasteiger partial charge in [0, 0.05) is 46.2 Å². The van der Waals surface area contributed by atoms with Crippen LogP contribution in [0, 0.1) is 11.3 Å². The summed E-state index contributed by atoms with van der Waals surface area (Å²) in [6.45, 7) is 8.62. The summed E-state index contributed by atoms with van der Waals surface area (Å²) in [7, 11) is 0.514. The predicted molar refractivity (Wildman–Crippen MR) is 79.5 cm³/mol. The van der Waals surface area contributed by atoms with Gasteiger partial charge in [-0.25, -0.2) is 8.42 Å². The Morgan fingerprint density at radius 2 is 1.04 bits per heavy atom. The second-order valence-corrected chi connectivity index (χ2v) is 6.40. The smallest absolute Gasteiger partial charge is 0.741 e. The zero-order valence-electron chi connectivity index (χ0n) is 14.1. The first-order chi connectivity index (χ1) is 10.3. The minimum atomic E-state index is -6.09. The first kappa shape index (κ1) is 28.4. The average Bonchev–Trinajstić information content (AvgIpc) is 2.45. The Balaban J connectivity index is -0.000000322. The molecule has 0 aromatic rings. The third kappa shape index (κ3) is 16.4. The first-order valence-electron chi connectivity index (χ1n) is 6.73. The van der Waals surface area contributed by atoms with Crippen molar-refractivity contribution in [2.75, 3.05) is 60.4 Å². The molecule has 1 heterocycles. The molecule has 0 aliphatic carbocycles. The Labute approximate surface area is 152 Å². The third-order valence-electron chi connectivity index (χ3n) is 2.87. The summed E-state index contributed by atoms with van der Waals surface area (Å²) < 4.78 is 58.9. The molecule has 0 aromatic carbocycles.